The Morgan fingerprint density at radius 1 is 0.356 bits per heavy atom. The lowest BCUT2D eigenvalue weighted by atomic mass is 9.73. The molecule has 0 radical (unpaired) electrons. The summed E-state index contributed by atoms with van der Waals surface area (Å²) in [7, 11) is 0. The van der Waals surface area contributed by atoms with Gasteiger partial charge in [-0.3, -0.25) is 0 Å². The minimum Gasteiger partial charge on any atom is -0.355 e. The number of fused-ring (bicyclic) bond motifs is 8. The van der Waals surface area contributed by atoms with Crippen LogP contribution in [0.15, 0.2) is 212 Å². The van der Waals surface area contributed by atoms with Gasteiger partial charge in [-0.2, -0.15) is 0 Å². The van der Waals surface area contributed by atoms with E-state index in [1.165, 1.54) is 88.2 Å². The molecule has 2 nitrogen and oxygen atoms in total. The van der Waals surface area contributed by atoms with Gasteiger partial charge in [0.2, 0.25) is 0 Å². The Hall–Kier alpha value is -7.42. The molecule has 0 atom stereocenters. The van der Waals surface area contributed by atoms with E-state index in [1.807, 2.05) is 6.07 Å². The van der Waals surface area contributed by atoms with Crippen molar-refractivity contribution in [2.24, 2.45) is 0 Å². The molecule has 280 valence electrons. The molecule has 0 saturated heterocycles. The van der Waals surface area contributed by atoms with E-state index in [2.05, 4.69) is 230 Å². The predicted molar refractivity (Wildman–Crippen MR) is 252 cm³/mol. The van der Waals surface area contributed by atoms with Crippen LogP contribution in [-0.4, -0.2) is 0 Å². The SMILES string of the molecule is CC1(C)c2ccccc2N(c2cccc(-c3ccc4c5ccccc5c5ccccc5c4c3)c2)c2ccc(-c3ccc(Nc4ccccc4)c(-c4ccccc4)c3)cc21. The summed E-state index contributed by atoms with van der Waals surface area (Å²) in [6, 6.07) is 77.6. The third-order valence-corrected chi connectivity index (χ3v) is 12.4. The van der Waals surface area contributed by atoms with Gasteiger partial charge in [0.1, 0.15) is 0 Å². The Kier molecular flexibility index (Phi) is 8.20. The highest BCUT2D eigenvalue weighted by Gasteiger charge is 2.37. The molecular formula is C57H42N2. The molecule has 0 fully saturated rings. The summed E-state index contributed by atoms with van der Waals surface area (Å²) < 4.78 is 0. The second-order valence-electron chi connectivity index (χ2n) is 16.2. The highest BCUT2D eigenvalue weighted by molar-refractivity contribution is 6.25. The predicted octanol–water partition coefficient (Wildman–Crippen LogP) is 16.0. The first-order valence-corrected chi connectivity index (χ1v) is 20.5. The molecular weight excluding hydrogens is 713 g/mol. The summed E-state index contributed by atoms with van der Waals surface area (Å²) in [5.74, 6) is 0. The maximum Gasteiger partial charge on any atom is 0.0503 e. The molecule has 0 amide bonds. The van der Waals surface area contributed by atoms with Crippen LogP contribution >= 0.6 is 0 Å². The maximum atomic E-state index is 3.68. The van der Waals surface area contributed by atoms with Gasteiger partial charge in [-0.25, -0.2) is 0 Å². The largest absolute Gasteiger partial charge is 0.355 e. The van der Waals surface area contributed by atoms with Crippen molar-refractivity contribution in [2.45, 2.75) is 19.3 Å². The van der Waals surface area contributed by atoms with Crippen LogP contribution in [0.25, 0.3) is 65.7 Å². The second-order valence-corrected chi connectivity index (χ2v) is 16.2. The van der Waals surface area contributed by atoms with Crippen molar-refractivity contribution in [3.8, 4) is 33.4 Å². The van der Waals surface area contributed by atoms with Gasteiger partial charge >= 0.3 is 0 Å². The highest BCUT2D eigenvalue weighted by atomic mass is 15.2. The molecule has 11 rings (SSSR count). The molecule has 0 unspecified atom stereocenters. The molecule has 2 heteroatoms. The monoisotopic (exact) mass is 754 g/mol. The Labute approximate surface area is 345 Å². The Bertz CT molecular complexity index is 3180. The number of nitrogens with one attached hydrogen (secondary N) is 1. The molecule has 0 spiro atoms. The minimum atomic E-state index is -0.227. The van der Waals surface area contributed by atoms with Crippen LogP contribution in [-0.2, 0) is 5.41 Å². The number of nitrogens with zero attached hydrogens (tertiary/aromatic N) is 1. The molecule has 1 N–H and O–H groups in total. The first-order valence-electron chi connectivity index (χ1n) is 20.5. The van der Waals surface area contributed by atoms with Crippen molar-refractivity contribution in [1.29, 1.82) is 0 Å². The van der Waals surface area contributed by atoms with Crippen LogP contribution in [0.2, 0.25) is 0 Å². The van der Waals surface area contributed by atoms with Crippen molar-refractivity contribution in [3.63, 3.8) is 0 Å². The zero-order valence-electron chi connectivity index (χ0n) is 33.2. The molecule has 0 saturated carbocycles. The van der Waals surface area contributed by atoms with Gasteiger partial charge in [0.25, 0.3) is 0 Å². The van der Waals surface area contributed by atoms with Gasteiger partial charge < -0.3 is 10.2 Å². The Morgan fingerprint density at radius 2 is 0.881 bits per heavy atom. The molecule has 1 heterocycles. The van der Waals surface area contributed by atoms with E-state index < -0.39 is 0 Å². The maximum absolute atomic E-state index is 3.68. The van der Waals surface area contributed by atoms with Crippen molar-refractivity contribution in [3.05, 3.63) is 223 Å². The number of hydrogen-bond donors (Lipinski definition) is 1. The van der Waals surface area contributed by atoms with E-state index in [0.29, 0.717) is 0 Å². The molecule has 10 aromatic rings. The lowest BCUT2D eigenvalue weighted by Gasteiger charge is -2.42. The van der Waals surface area contributed by atoms with E-state index >= 15 is 0 Å². The first kappa shape index (κ1) is 34.8. The van der Waals surface area contributed by atoms with Crippen LogP contribution in [0, 0.1) is 0 Å². The molecule has 10 aromatic carbocycles. The van der Waals surface area contributed by atoms with Crippen LogP contribution in [0.4, 0.5) is 28.4 Å². The van der Waals surface area contributed by atoms with Gasteiger partial charge in [-0.15, -0.1) is 0 Å². The van der Waals surface area contributed by atoms with Gasteiger partial charge in [-0.05, 0) is 132 Å². The minimum absolute atomic E-state index is 0.227. The van der Waals surface area contributed by atoms with Crippen molar-refractivity contribution >= 4 is 60.8 Å². The standard InChI is InChI=1S/C57H42N2/c1-57(2)52-26-13-14-27-55(52)59(44-21-15-18-39(34-44)40-28-31-49-47-24-10-9-22-45(47)46-23-11-12-25-48(46)51(49)36-40)56-33-30-42(37-53(56)57)41-29-32-54(58-43-19-7-4-8-20-43)50(35-41)38-16-5-3-6-17-38/h3-37,58H,1-2H3. The van der Waals surface area contributed by atoms with Crippen molar-refractivity contribution < 1.29 is 0 Å². The fourth-order valence-corrected chi connectivity index (χ4v) is 9.44. The van der Waals surface area contributed by atoms with E-state index in [9.17, 15) is 0 Å². The second kappa shape index (κ2) is 13.9. The number of benzene rings is 10. The lowest BCUT2D eigenvalue weighted by Crippen LogP contribution is -2.30. The first-order chi connectivity index (χ1) is 29.0. The van der Waals surface area contributed by atoms with E-state index in [0.717, 1.165) is 17.1 Å². The third kappa shape index (κ3) is 5.87. The van der Waals surface area contributed by atoms with Crippen LogP contribution in [0.1, 0.15) is 25.0 Å². The molecule has 1 aliphatic heterocycles. The fourth-order valence-electron chi connectivity index (χ4n) is 9.44. The number of rotatable bonds is 6. The summed E-state index contributed by atoms with van der Waals surface area (Å²) >= 11 is 0. The van der Waals surface area contributed by atoms with Crippen molar-refractivity contribution in [1.82, 2.24) is 0 Å². The van der Waals surface area contributed by atoms with Gasteiger partial charge in [0.05, 0.1) is 11.4 Å². The van der Waals surface area contributed by atoms with E-state index in [1.54, 1.807) is 0 Å². The lowest BCUT2D eigenvalue weighted by molar-refractivity contribution is 0.632. The highest BCUT2D eigenvalue weighted by Crippen LogP contribution is 2.53. The number of hydrogen-bond acceptors (Lipinski definition) is 2. The number of anilines is 5. The number of para-hydroxylation sites is 2. The zero-order chi connectivity index (χ0) is 39.5. The van der Waals surface area contributed by atoms with Gasteiger partial charge in [-0.1, -0.05) is 166 Å². The normalized spacial score (nSPS) is 13.0. The molecule has 0 aliphatic carbocycles. The zero-order valence-corrected chi connectivity index (χ0v) is 33.2. The average molecular weight is 755 g/mol. The topological polar surface area (TPSA) is 15.3 Å². The van der Waals surface area contributed by atoms with Crippen molar-refractivity contribution in [2.75, 3.05) is 10.2 Å². The third-order valence-electron chi connectivity index (χ3n) is 12.4. The van der Waals surface area contributed by atoms with Gasteiger partial charge in [0, 0.05) is 28.0 Å². The van der Waals surface area contributed by atoms with E-state index in [4.69, 9.17) is 0 Å². The summed E-state index contributed by atoms with van der Waals surface area (Å²) in [6.07, 6.45) is 0. The molecule has 0 aromatic heterocycles. The van der Waals surface area contributed by atoms with Crippen LogP contribution < -0.4 is 10.2 Å². The summed E-state index contributed by atoms with van der Waals surface area (Å²) in [4.78, 5) is 2.47. The summed E-state index contributed by atoms with van der Waals surface area (Å²) in [5.41, 5.74) is 15.2. The molecule has 1 aliphatic rings. The summed E-state index contributed by atoms with van der Waals surface area (Å²) in [6.45, 7) is 4.74. The Balaban J connectivity index is 1.03. The molecule has 59 heavy (non-hydrogen) atoms. The van der Waals surface area contributed by atoms with Crippen LogP contribution in [0.3, 0.4) is 0 Å². The quantitative estimate of drug-likeness (QED) is 0.170. The average Bonchev–Trinajstić information content (AvgIpc) is 3.30. The van der Waals surface area contributed by atoms with Crippen LogP contribution in [0.5, 0.6) is 0 Å². The fraction of sp³-hybridized carbons (Fsp3) is 0.0526. The Morgan fingerprint density at radius 3 is 1.63 bits per heavy atom. The summed E-state index contributed by atoms with van der Waals surface area (Å²) in [5, 5.41) is 11.4. The smallest absolute Gasteiger partial charge is 0.0503 e. The van der Waals surface area contributed by atoms with E-state index in [-0.39, 0.29) is 5.41 Å². The molecule has 0 bridgehead atoms. The van der Waals surface area contributed by atoms with Gasteiger partial charge in [0.15, 0.2) is 0 Å².